The molecule has 0 unspecified atom stereocenters. The van der Waals surface area contributed by atoms with Gasteiger partial charge in [0.25, 0.3) is 0 Å². The van der Waals surface area contributed by atoms with Crippen molar-refractivity contribution in [1.82, 2.24) is 15.0 Å². The molecular formula is C11H12N6O2. The summed E-state index contributed by atoms with van der Waals surface area (Å²) < 4.78 is 0. The van der Waals surface area contributed by atoms with Crippen molar-refractivity contribution in [3.63, 3.8) is 0 Å². The van der Waals surface area contributed by atoms with Crippen molar-refractivity contribution in [2.24, 2.45) is 5.73 Å². The average Bonchev–Trinajstić information content (AvgIpc) is 2.76. The Balaban J connectivity index is 0.000000297. The molecule has 19 heavy (non-hydrogen) atoms. The first kappa shape index (κ1) is 12.4. The van der Waals surface area contributed by atoms with Crippen molar-refractivity contribution in [3.8, 4) is 0 Å². The van der Waals surface area contributed by atoms with Crippen LogP contribution in [0.2, 0.25) is 0 Å². The molecule has 0 atom stereocenters. The Morgan fingerprint density at radius 2 is 1.84 bits per heavy atom. The Morgan fingerprint density at radius 3 is 2.53 bits per heavy atom. The molecule has 0 aliphatic heterocycles. The minimum absolute atomic E-state index is 0.203. The molecule has 1 amide bonds. The van der Waals surface area contributed by atoms with Gasteiger partial charge in [-0.2, -0.15) is 4.98 Å². The number of hydrogen-bond donors (Lipinski definition) is 5. The zero-order valence-corrected chi connectivity index (χ0v) is 9.79. The van der Waals surface area contributed by atoms with E-state index in [0.29, 0.717) is 5.82 Å². The molecule has 8 N–H and O–H groups in total. The van der Waals surface area contributed by atoms with Gasteiger partial charge >= 0.3 is 6.09 Å². The first-order valence-corrected chi connectivity index (χ1v) is 5.26. The molecule has 98 valence electrons. The van der Waals surface area contributed by atoms with Gasteiger partial charge in [0.05, 0.1) is 5.52 Å². The van der Waals surface area contributed by atoms with Gasteiger partial charge in [-0.25, -0.2) is 9.78 Å². The number of benzene rings is 1. The number of aromatic nitrogens is 3. The molecule has 0 saturated carbocycles. The Morgan fingerprint density at radius 1 is 1.16 bits per heavy atom. The lowest BCUT2D eigenvalue weighted by atomic mass is 10.1. The van der Waals surface area contributed by atoms with Crippen molar-refractivity contribution < 1.29 is 9.90 Å². The fourth-order valence-corrected chi connectivity index (χ4v) is 1.77. The minimum Gasteiger partial charge on any atom is -0.465 e. The smallest absolute Gasteiger partial charge is 0.402 e. The van der Waals surface area contributed by atoms with E-state index in [1.807, 2.05) is 24.4 Å². The van der Waals surface area contributed by atoms with Gasteiger partial charge in [-0.15, -0.1) is 0 Å². The van der Waals surface area contributed by atoms with Crippen LogP contribution in [0.1, 0.15) is 0 Å². The molecule has 2 heterocycles. The Labute approximate surface area is 107 Å². The van der Waals surface area contributed by atoms with E-state index in [1.165, 1.54) is 0 Å². The maximum atomic E-state index is 8.78. The normalized spacial score (nSPS) is 10.1. The van der Waals surface area contributed by atoms with Gasteiger partial charge in [0, 0.05) is 22.5 Å². The number of nitrogens with one attached hydrogen (secondary N) is 1. The summed E-state index contributed by atoms with van der Waals surface area (Å²) in [5.74, 6) is 0.620. The number of aromatic amines is 1. The van der Waals surface area contributed by atoms with Crippen LogP contribution in [0.15, 0.2) is 24.4 Å². The van der Waals surface area contributed by atoms with E-state index in [-0.39, 0.29) is 5.95 Å². The molecule has 0 saturated heterocycles. The number of nitrogens with two attached hydrogens (primary N) is 3. The number of carbonyl (C=O) groups is 1. The van der Waals surface area contributed by atoms with Crippen molar-refractivity contribution in [2.45, 2.75) is 0 Å². The van der Waals surface area contributed by atoms with Gasteiger partial charge in [-0.1, -0.05) is 0 Å². The minimum atomic E-state index is -1.33. The largest absolute Gasteiger partial charge is 0.465 e. The zero-order valence-electron chi connectivity index (χ0n) is 9.79. The Hall–Kier alpha value is -3.03. The van der Waals surface area contributed by atoms with Gasteiger partial charge in [-0.05, 0) is 18.2 Å². The summed E-state index contributed by atoms with van der Waals surface area (Å²) in [6.07, 6.45) is 0.526. The molecule has 0 fully saturated rings. The highest BCUT2D eigenvalue weighted by atomic mass is 16.4. The quantitative estimate of drug-likeness (QED) is 0.404. The number of anilines is 2. The van der Waals surface area contributed by atoms with E-state index in [0.717, 1.165) is 21.8 Å². The van der Waals surface area contributed by atoms with Crippen molar-refractivity contribution >= 4 is 39.7 Å². The zero-order chi connectivity index (χ0) is 14.0. The number of amides is 1. The molecule has 2 aromatic heterocycles. The van der Waals surface area contributed by atoms with Gasteiger partial charge < -0.3 is 27.3 Å². The second-order valence-corrected chi connectivity index (χ2v) is 3.71. The summed E-state index contributed by atoms with van der Waals surface area (Å²) in [5.41, 5.74) is 17.2. The third-order valence-electron chi connectivity index (χ3n) is 2.44. The van der Waals surface area contributed by atoms with Crippen LogP contribution in [0.3, 0.4) is 0 Å². The number of rotatable bonds is 0. The predicted octanol–water partition coefficient (Wildman–Crippen LogP) is 0.899. The fraction of sp³-hybridized carbons (Fsp3) is 0. The van der Waals surface area contributed by atoms with Gasteiger partial charge in [0.1, 0.15) is 5.82 Å². The van der Waals surface area contributed by atoms with Crippen LogP contribution < -0.4 is 17.2 Å². The summed E-state index contributed by atoms with van der Waals surface area (Å²) in [5, 5.41) is 9.03. The molecule has 0 spiro atoms. The number of carboxylic acid groups (broad SMARTS) is 1. The Bertz CT molecular complexity index is 747. The highest BCUT2D eigenvalue weighted by Crippen LogP contribution is 2.26. The van der Waals surface area contributed by atoms with Crippen LogP contribution in [0.5, 0.6) is 0 Å². The second-order valence-electron chi connectivity index (χ2n) is 3.71. The van der Waals surface area contributed by atoms with Crippen LogP contribution in [0, 0.1) is 0 Å². The number of hydrogen-bond acceptors (Lipinski definition) is 5. The lowest BCUT2D eigenvalue weighted by Gasteiger charge is -2.02. The van der Waals surface area contributed by atoms with E-state index >= 15 is 0 Å². The monoisotopic (exact) mass is 260 g/mol. The molecular weight excluding hydrogens is 248 g/mol. The maximum Gasteiger partial charge on any atom is 0.402 e. The molecule has 0 aliphatic rings. The van der Waals surface area contributed by atoms with Crippen LogP contribution in [0.4, 0.5) is 16.6 Å². The van der Waals surface area contributed by atoms with Crippen LogP contribution in [-0.4, -0.2) is 26.2 Å². The first-order chi connectivity index (χ1) is 8.99. The number of nitrogen functional groups attached to an aromatic ring is 2. The lowest BCUT2D eigenvalue weighted by Crippen LogP contribution is -2.03. The lowest BCUT2D eigenvalue weighted by molar-refractivity contribution is 0.205. The average molecular weight is 260 g/mol. The molecule has 8 heteroatoms. The van der Waals surface area contributed by atoms with Crippen molar-refractivity contribution in [2.75, 3.05) is 11.5 Å². The summed E-state index contributed by atoms with van der Waals surface area (Å²) in [6.45, 7) is 0. The summed E-state index contributed by atoms with van der Waals surface area (Å²) in [4.78, 5) is 20.0. The third kappa shape index (κ3) is 2.46. The van der Waals surface area contributed by atoms with E-state index in [4.69, 9.17) is 21.4 Å². The molecule has 1 aromatic carbocycles. The maximum absolute atomic E-state index is 8.78. The highest BCUT2D eigenvalue weighted by molar-refractivity contribution is 6.07. The summed E-state index contributed by atoms with van der Waals surface area (Å²) >= 11 is 0. The highest BCUT2D eigenvalue weighted by Gasteiger charge is 2.07. The van der Waals surface area contributed by atoms with E-state index in [2.05, 4.69) is 20.7 Å². The fourth-order valence-electron chi connectivity index (χ4n) is 1.77. The number of nitrogens with zero attached hydrogens (tertiary/aromatic N) is 2. The second kappa shape index (κ2) is 4.69. The van der Waals surface area contributed by atoms with Gasteiger partial charge in [-0.3, -0.25) is 0 Å². The molecule has 8 nitrogen and oxygen atoms in total. The van der Waals surface area contributed by atoms with E-state index in [1.54, 1.807) is 0 Å². The van der Waals surface area contributed by atoms with Gasteiger partial charge in [0.15, 0.2) is 0 Å². The van der Waals surface area contributed by atoms with Crippen LogP contribution in [0.25, 0.3) is 21.8 Å². The number of fused-ring (bicyclic) bond motifs is 3. The topological polar surface area (TPSA) is 157 Å². The molecule has 3 rings (SSSR count). The van der Waals surface area contributed by atoms with Crippen molar-refractivity contribution in [1.29, 1.82) is 0 Å². The van der Waals surface area contributed by atoms with E-state index in [9.17, 15) is 0 Å². The standard InChI is InChI=1S/C10H9N5.CH3NO2/c11-9-6-1-2-7-5(3-4-13-7)8(6)14-10(12)15-9;2-1(3)4/h1-4,13H,(H4,11,12,14,15);2H2,(H,3,4). The van der Waals surface area contributed by atoms with Crippen molar-refractivity contribution in [3.05, 3.63) is 24.4 Å². The SMILES string of the molecule is NC(=O)O.Nc1nc(N)c2ccc3[nH]ccc3c2n1. The molecule has 0 bridgehead atoms. The predicted molar refractivity (Wildman–Crippen MR) is 72.4 cm³/mol. The molecule has 3 aromatic rings. The number of primary amides is 1. The number of H-pyrrole nitrogens is 1. The van der Waals surface area contributed by atoms with Crippen LogP contribution in [-0.2, 0) is 0 Å². The van der Waals surface area contributed by atoms with Crippen LogP contribution >= 0.6 is 0 Å². The molecule has 0 radical (unpaired) electrons. The first-order valence-electron chi connectivity index (χ1n) is 5.26. The van der Waals surface area contributed by atoms with Gasteiger partial charge in [0.2, 0.25) is 5.95 Å². The molecule has 0 aliphatic carbocycles. The summed E-state index contributed by atoms with van der Waals surface area (Å²) in [6, 6.07) is 5.79. The third-order valence-corrected chi connectivity index (χ3v) is 2.44. The summed E-state index contributed by atoms with van der Waals surface area (Å²) in [7, 11) is 0. The van der Waals surface area contributed by atoms with E-state index < -0.39 is 6.09 Å². The Kier molecular flexibility index (Phi) is 3.06.